The number of piperazine rings is 1. The Bertz CT molecular complexity index is 782. The number of hydrogen-bond donors (Lipinski definition) is 2. The third-order valence-electron chi connectivity index (χ3n) is 4.67. The number of amides is 2. The van der Waals surface area contributed by atoms with Gasteiger partial charge >= 0.3 is 0 Å². The maximum absolute atomic E-state index is 12.7. The summed E-state index contributed by atoms with van der Waals surface area (Å²) in [5.41, 5.74) is 2.09. The third-order valence-corrected chi connectivity index (χ3v) is 5.04. The van der Waals surface area contributed by atoms with E-state index in [4.69, 9.17) is 11.6 Å². The fourth-order valence-electron chi connectivity index (χ4n) is 3.19. The molecule has 2 N–H and O–H groups in total. The lowest BCUT2D eigenvalue weighted by atomic mass is 10.1. The second-order valence-corrected chi connectivity index (χ2v) is 7.05. The molecule has 1 fully saturated rings. The van der Waals surface area contributed by atoms with Gasteiger partial charge in [0.1, 0.15) is 0 Å². The number of carbonyl (C=O) groups excluding carboxylic acids is 2. The van der Waals surface area contributed by atoms with Crippen molar-refractivity contribution in [3.8, 4) is 0 Å². The van der Waals surface area contributed by atoms with Crippen LogP contribution in [0.1, 0.15) is 17.5 Å². The molecular formula is C21H24ClN3O2. The highest BCUT2D eigenvalue weighted by atomic mass is 35.5. The van der Waals surface area contributed by atoms with Gasteiger partial charge in [0.25, 0.3) is 0 Å². The molecular weight excluding hydrogens is 362 g/mol. The first kappa shape index (κ1) is 19.4. The Morgan fingerprint density at radius 3 is 2.67 bits per heavy atom. The molecule has 2 aromatic carbocycles. The van der Waals surface area contributed by atoms with E-state index in [1.54, 1.807) is 4.90 Å². The molecule has 2 aromatic rings. The number of hydrogen-bond acceptors (Lipinski definition) is 3. The van der Waals surface area contributed by atoms with Crippen LogP contribution in [0.25, 0.3) is 0 Å². The van der Waals surface area contributed by atoms with Gasteiger partial charge in [0.05, 0.1) is 12.5 Å². The van der Waals surface area contributed by atoms with Gasteiger partial charge in [-0.1, -0.05) is 60.1 Å². The van der Waals surface area contributed by atoms with Crippen LogP contribution in [0.2, 0.25) is 5.02 Å². The highest BCUT2D eigenvalue weighted by Crippen LogP contribution is 2.18. The van der Waals surface area contributed by atoms with E-state index in [-0.39, 0.29) is 18.2 Å². The summed E-state index contributed by atoms with van der Waals surface area (Å²) in [7, 11) is 0. The van der Waals surface area contributed by atoms with Crippen molar-refractivity contribution in [1.29, 1.82) is 0 Å². The zero-order valence-corrected chi connectivity index (χ0v) is 15.9. The van der Waals surface area contributed by atoms with Gasteiger partial charge in [-0.15, -0.1) is 0 Å². The predicted molar refractivity (Wildman–Crippen MR) is 106 cm³/mol. The van der Waals surface area contributed by atoms with Crippen LogP contribution < -0.4 is 10.6 Å². The second-order valence-electron chi connectivity index (χ2n) is 6.65. The van der Waals surface area contributed by atoms with E-state index < -0.39 is 6.04 Å². The molecule has 1 aliphatic heterocycles. The predicted octanol–water partition coefficient (Wildman–Crippen LogP) is 2.39. The maximum atomic E-state index is 12.7. The highest BCUT2D eigenvalue weighted by Gasteiger charge is 2.30. The molecule has 0 aromatic heterocycles. The smallest absolute Gasteiger partial charge is 0.240 e. The summed E-state index contributed by atoms with van der Waals surface area (Å²) in [6.07, 6.45) is 0.921. The molecule has 1 heterocycles. The van der Waals surface area contributed by atoms with E-state index in [1.807, 2.05) is 54.6 Å². The zero-order chi connectivity index (χ0) is 19.1. The zero-order valence-electron chi connectivity index (χ0n) is 15.2. The molecule has 142 valence electrons. The number of nitrogens with one attached hydrogen (secondary N) is 2. The van der Waals surface area contributed by atoms with E-state index >= 15 is 0 Å². The van der Waals surface area contributed by atoms with Crippen molar-refractivity contribution >= 4 is 23.4 Å². The number of benzene rings is 2. The molecule has 2 amide bonds. The Hall–Kier alpha value is -2.37. The summed E-state index contributed by atoms with van der Waals surface area (Å²) in [6, 6.07) is 17.0. The Labute approximate surface area is 164 Å². The molecule has 3 rings (SSSR count). The standard InChI is InChI=1S/C21H24ClN3O2/c22-18-9-5-4-8-17(18)15-25-13-12-23-19(21(25)27)14-20(26)24-11-10-16-6-2-1-3-7-16/h1-9,19,23H,10-15H2,(H,24,26). The minimum atomic E-state index is -0.488. The van der Waals surface area contributed by atoms with Crippen molar-refractivity contribution in [3.63, 3.8) is 0 Å². The lowest BCUT2D eigenvalue weighted by molar-refractivity contribution is -0.138. The fraction of sp³-hybridized carbons (Fsp3) is 0.333. The van der Waals surface area contributed by atoms with Crippen molar-refractivity contribution in [3.05, 3.63) is 70.7 Å². The van der Waals surface area contributed by atoms with Crippen molar-refractivity contribution in [2.24, 2.45) is 0 Å². The van der Waals surface area contributed by atoms with Crippen LogP contribution in [0.3, 0.4) is 0 Å². The lowest BCUT2D eigenvalue weighted by Gasteiger charge is -2.33. The number of nitrogens with zero attached hydrogens (tertiary/aromatic N) is 1. The maximum Gasteiger partial charge on any atom is 0.240 e. The highest BCUT2D eigenvalue weighted by molar-refractivity contribution is 6.31. The summed E-state index contributed by atoms with van der Waals surface area (Å²) < 4.78 is 0. The van der Waals surface area contributed by atoms with Crippen molar-refractivity contribution in [2.45, 2.75) is 25.4 Å². The summed E-state index contributed by atoms with van der Waals surface area (Å²) >= 11 is 6.20. The molecule has 0 aliphatic carbocycles. The van der Waals surface area contributed by atoms with E-state index in [2.05, 4.69) is 10.6 Å². The topological polar surface area (TPSA) is 61.4 Å². The Balaban J connectivity index is 1.48. The molecule has 0 saturated carbocycles. The van der Waals surface area contributed by atoms with Crippen LogP contribution in [0, 0.1) is 0 Å². The molecule has 6 heteroatoms. The number of rotatable bonds is 7. The number of carbonyl (C=O) groups is 2. The van der Waals surface area contributed by atoms with Gasteiger partial charge in [-0.25, -0.2) is 0 Å². The Kier molecular flexibility index (Phi) is 6.85. The van der Waals surface area contributed by atoms with Crippen molar-refractivity contribution in [1.82, 2.24) is 15.5 Å². The first-order valence-corrected chi connectivity index (χ1v) is 9.57. The monoisotopic (exact) mass is 385 g/mol. The molecule has 0 bridgehead atoms. The van der Waals surface area contributed by atoms with Crippen LogP contribution >= 0.6 is 11.6 Å². The van der Waals surface area contributed by atoms with Crippen molar-refractivity contribution in [2.75, 3.05) is 19.6 Å². The van der Waals surface area contributed by atoms with Gasteiger partial charge < -0.3 is 15.5 Å². The van der Waals surface area contributed by atoms with Gasteiger partial charge in [-0.3, -0.25) is 9.59 Å². The van der Waals surface area contributed by atoms with Crippen LogP contribution in [0.4, 0.5) is 0 Å². The molecule has 27 heavy (non-hydrogen) atoms. The van der Waals surface area contributed by atoms with Gasteiger partial charge in [0.2, 0.25) is 11.8 Å². The van der Waals surface area contributed by atoms with E-state index in [9.17, 15) is 9.59 Å². The molecule has 0 radical (unpaired) electrons. The van der Waals surface area contributed by atoms with Gasteiger partial charge in [0, 0.05) is 31.2 Å². The molecule has 0 spiro atoms. The molecule has 1 atom stereocenters. The summed E-state index contributed by atoms with van der Waals surface area (Å²) in [5, 5.41) is 6.71. The first-order chi connectivity index (χ1) is 13.1. The largest absolute Gasteiger partial charge is 0.356 e. The van der Waals surface area contributed by atoms with Gasteiger partial charge in [0.15, 0.2) is 0 Å². The molecule has 1 aliphatic rings. The average Bonchev–Trinajstić information content (AvgIpc) is 2.67. The number of halogens is 1. The van der Waals surface area contributed by atoms with E-state index in [0.29, 0.717) is 31.2 Å². The van der Waals surface area contributed by atoms with Gasteiger partial charge in [-0.05, 0) is 23.6 Å². The van der Waals surface area contributed by atoms with E-state index in [0.717, 1.165) is 12.0 Å². The summed E-state index contributed by atoms with van der Waals surface area (Å²) in [5.74, 6) is -0.171. The summed E-state index contributed by atoms with van der Waals surface area (Å²) in [4.78, 5) is 26.7. The quantitative estimate of drug-likeness (QED) is 0.769. The van der Waals surface area contributed by atoms with Crippen LogP contribution in [0.15, 0.2) is 54.6 Å². The summed E-state index contributed by atoms with van der Waals surface area (Å²) in [6.45, 7) is 2.30. The minimum Gasteiger partial charge on any atom is -0.356 e. The lowest BCUT2D eigenvalue weighted by Crippen LogP contribution is -2.55. The minimum absolute atomic E-state index is 0.0561. The van der Waals surface area contributed by atoms with E-state index in [1.165, 1.54) is 5.56 Å². The van der Waals surface area contributed by atoms with Crippen molar-refractivity contribution < 1.29 is 9.59 Å². The first-order valence-electron chi connectivity index (χ1n) is 9.19. The SMILES string of the molecule is O=C(CC1NCCN(Cc2ccccc2Cl)C1=O)NCCc1ccccc1. The fourth-order valence-corrected chi connectivity index (χ4v) is 3.38. The average molecular weight is 386 g/mol. The molecule has 1 saturated heterocycles. The van der Waals surface area contributed by atoms with Crippen LogP contribution in [-0.2, 0) is 22.6 Å². The molecule has 5 nitrogen and oxygen atoms in total. The normalized spacial score (nSPS) is 17.0. The Morgan fingerprint density at radius 2 is 1.89 bits per heavy atom. The van der Waals surface area contributed by atoms with Crippen LogP contribution in [0.5, 0.6) is 0 Å². The van der Waals surface area contributed by atoms with Crippen LogP contribution in [-0.4, -0.2) is 42.4 Å². The van der Waals surface area contributed by atoms with Gasteiger partial charge in [-0.2, -0.15) is 0 Å². The molecule has 1 unspecified atom stereocenters. The second kappa shape index (κ2) is 9.53. The Morgan fingerprint density at radius 1 is 1.15 bits per heavy atom. The third kappa shape index (κ3) is 5.55.